The highest BCUT2D eigenvalue weighted by molar-refractivity contribution is 6.09. The van der Waals surface area contributed by atoms with Crippen molar-refractivity contribution in [1.82, 2.24) is 0 Å². The molecule has 5 nitrogen and oxygen atoms in total. The van der Waals surface area contributed by atoms with Crippen LogP contribution in [0.15, 0.2) is 42.5 Å². The highest BCUT2D eigenvalue weighted by Gasteiger charge is 2.10. The molecule has 0 saturated carbocycles. The van der Waals surface area contributed by atoms with Crippen LogP contribution in [0.4, 0.5) is 0 Å². The van der Waals surface area contributed by atoms with Gasteiger partial charge in [0.2, 0.25) is 0 Å². The molecule has 5 heteroatoms. The zero-order valence-corrected chi connectivity index (χ0v) is 11.8. The fraction of sp³-hybridized carbons (Fsp3) is 0.0588. The summed E-state index contributed by atoms with van der Waals surface area (Å²) in [6.45, 7) is 0. The summed E-state index contributed by atoms with van der Waals surface area (Å²) in [6, 6.07) is 8.87. The van der Waals surface area contributed by atoms with E-state index in [0.29, 0.717) is 17.6 Å². The van der Waals surface area contributed by atoms with Crippen LogP contribution in [0.2, 0.25) is 0 Å². The van der Waals surface area contributed by atoms with Crippen LogP contribution in [-0.2, 0) is 0 Å². The van der Waals surface area contributed by atoms with Crippen LogP contribution in [0.3, 0.4) is 0 Å². The molecule has 0 aliphatic rings. The fourth-order valence-corrected chi connectivity index (χ4v) is 1.94. The van der Waals surface area contributed by atoms with Crippen molar-refractivity contribution >= 4 is 18.1 Å². The molecular formula is C17H14O5. The Morgan fingerprint density at radius 1 is 1.14 bits per heavy atom. The lowest BCUT2D eigenvalue weighted by atomic mass is 10.0. The quantitative estimate of drug-likeness (QED) is 0.504. The van der Waals surface area contributed by atoms with E-state index in [1.54, 1.807) is 12.1 Å². The lowest BCUT2D eigenvalue weighted by Gasteiger charge is -2.04. The van der Waals surface area contributed by atoms with Gasteiger partial charge in [-0.05, 0) is 35.9 Å². The molecule has 2 N–H and O–H groups in total. The highest BCUT2D eigenvalue weighted by Crippen LogP contribution is 2.24. The number of aromatic hydroxyl groups is 2. The number of phenolic OH excluding ortho intramolecular Hbond substituents is 2. The summed E-state index contributed by atoms with van der Waals surface area (Å²) >= 11 is 0. The van der Waals surface area contributed by atoms with Gasteiger partial charge in [0.15, 0.2) is 12.1 Å². The maximum atomic E-state index is 12.1. The predicted molar refractivity (Wildman–Crippen MR) is 81.5 cm³/mol. The monoisotopic (exact) mass is 298 g/mol. The molecule has 2 aromatic carbocycles. The maximum Gasteiger partial charge on any atom is 0.189 e. The minimum absolute atomic E-state index is 0.0865. The van der Waals surface area contributed by atoms with Crippen molar-refractivity contribution in [2.75, 3.05) is 7.11 Å². The number of benzene rings is 2. The molecule has 0 heterocycles. The van der Waals surface area contributed by atoms with Gasteiger partial charge in [-0.2, -0.15) is 0 Å². The van der Waals surface area contributed by atoms with Gasteiger partial charge in [-0.1, -0.05) is 18.2 Å². The Labute approximate surface area is 127 Å². The molecule has 2 rings (SSSR count). The molecule has 0 saturated heterocycles. The van der Waals surface area contributed by atoms with Gasteiger partial charge in [-0.3, -0.25) is 9.59 Å². The number of phenols is 2. The summed E-state index contributed by atoms with van der Waals surface area (Å²) < 4.78 is 5.01. The molecule has 0 aliphatic heterocycles. The standard InChI is InChI=1S/C17H14O5/c1-22-12-6-8-17(21)13(9-12)16(20)7-5-11-3-2-4-15(19)14(11)10-18/h2-10,19,21H,1H3. The summed E-state index contributed by atoms with van der Waals surface area (Å²) in [7, 11) is 1.46. The second-order valence-electron chi connectivity index (χ2n) is 4.48. The number of carbonyl (C=O) groups excluding carboxylic acids is 2. The molecule has 2 aromatic rings. The Kier molecular flexibility index (Phi) is 4.58. The van der Waals surface area contributed by atoms with Gasteiger partial charge in [0, 0.05) is 0 Å². The summed E-state index contributed by atoms with van der Waals surface area (Å²) in [5, 5.41) is 19.3. The van der Waals surface area contributed by atoms with Crippen molar-refractivity contribution in [3.05, 3.63) is 59.2 Å². The smallest absolute Gasteiger partial charge is 0.189 e. The highest BCUT2D eigenvalue weighted by atomic mass is 16.5. The van der Waals surface area contributed by atoms with E-state index < -0.39 is 5.78 Å². The number of allylic oxidation sites excluding steroid dienone is 1. The summed E-state index contributed by atoms with van der Waals surface area (Å²) in [5.74, 6) is -0.326. The number of ether oxygens (including phenoxy) is 1. The zero-order valence-electron chi connectivity index (χ0n) is 11.8. The molecule has 0 fully saturated rings. The van der Waals surface area contributed by atoms with E-state index in [-0.39, 0.29) is 22.6 Å². The summed E-state index contributed by atoms with van der Waals surface area (Å²) in [4.78, 5) is 23.1. The van der Waals surface area contributed by atoms with E-state index in [1.165, 1.54) is 43.5 Å². The molecule has 0 aliphatic carbocycles. The third-order valence-electron chi connectivity index (χ3n) is 3.12. The number of methoxy groups -OCH3 is 1. The minimum Gasteiger partial charge on any atom is -0.507 e. The molecule has 0 unspecified atom stereocenters. The van der Waals surface area contributed by atoms with Crippen LogP contribution in [0, 0.1) is 0 Å². The van der Waals surface area contributed by atoms with E-state index in [1.807, 2.05) is 0 Å². The van der Waals surface area contributed by atoms with Gasteiger partial charge in [-0.15, -0.1) is 0 Å². The maximum absolute atomic E-state index is 12.1. The van der Waals surface area contributed by atoms with Crippen molar-refractivity contribution < 1.29 is 24.5 Å². The molecule has 0 bridgehead atoms. The number of hydrogen-bond acceptors (Lipinski definition) is 5. The van der Waals surface area contributed by atoms with Crippen LogP contribution < -0.4 is 4.74 Å². The van der Waals surface area contributed by atoms with Gasteiger partial charge in [0.05, 0.1) is 18.2 Å². The number of ketones is 1. The van der Waals surface area contributed by atoms with E-state index in [0.717, 1.165) is 0 Å². The predicted octanol–water partition coefficient (Wildman–Crippen LogP) is 2.82. The summed E-state index contributed by atoms with van der Waals surface area (Å²) in [6.07, 6.45) is 3.14. The molecular weight excluding hydrogens is 284 g/mol. The van der Waals surface area contributed by atoms with E-state index in [2.05, 4.69) is 0 Å². The van der Waals surface area contributed by atoms with Crippen molar-refractivity contribution in [3.63, 3.8) is 0 Å². The first-order chi connectivity index (χ1) is 10.6. The third kappa shape index (κ3) is 3.15. The minimum atomic E-state index is -0.448. The van der Waals surface area contributed by atoms with Gasteiger partial charge >= 0.3 is 0 Å². The number of rotatable bonds is 5. The van der Waals surface area contributed by atoms with Crippen molar-refractivity contribution in [3.8, 4) is 17.2 Å². The van der Waals surface area contributed by atoms with E-state index >= 15 is 0 Å². The van der Waals surface area contributed by atoms with Gasteiger partial charge in [0.25, 0.3) is 0 Å². The van der Waals surface area contributed by atoms with Crippen molar-refractivity contribution in [1.29, 1.82) is 0 Å². The Morgan fingerprint density at radius 3 is 2.59 bits per heavy atom. The molecule has 0 radical (unpaired) electrons. The Bertz CT molecular complexity index is 747. The first kappa shape index (κ1) is 15.3. The number of hydrogen-bond donors (Lipinski definition) is 2. The Hall–Kier alpha value is -3.08. The fourth-order valence-electron chi connectivity index (χ4n) is 1.94. The van der Waals surface area contributed by atoms with Crippen LogP contribution >= 0.6 is 0 Å². The molecule has 112 valence electrons. The zero-order chi connectivity index (χ0) is 16.1. The SMILES string of the molecule is COc1ccc(O)c(C(=O)C=Cc2cccc(O)c2C=O)c1. The van der Waals surface area contributed by atoms with Gasteiger partial charge in [0.1, 0.15) is 17.2 Å². The molecule has 0 amide bonds. The van der Waals surface area contributed by atoms with E-state index in [9.17, 15) is 19.8 Å². The lowest BCUT2D eigenvalue weighted by molar-refractivity contribution is 0.104. The van der Waals surface area contributed by atoms with Crippen LogP contribution in [-0.4, -0.2) is 29.4 Å². The molecule has 0 atom stereocenters. The van der Waals surface area contributed by atoms with Crippen LogP contribution in [0.5, 0.6) is 17.2 Å². The Balaban J connectivity index is 2.33. The van der Waals surface area contributed by atoms with Crippen LogP contribution in [0.1, 0.15) is 26.3 Å². The molecule has 22 heavy (non-hydrogen) atoms. The van der Waals surface area contributed by atoms with Crippen molar-refractivity contribution in [2.45, 2.75) is 0 Å². The normalized spacial score (nSPS) is 10.6. The number of aldehydes is 1. The third-order valence-corrected chi connectivity index (χ3v) is 3.12. The molecule has 0 spiro atoms. The topological polar surface area (TPSA) is 83.8 Å². The largest absolute Gasteiger partial charge is 0.507 e. The van der Waals surface area contributed by atoms with Gasteiger partial charge in [-0.25, -0.2) is 0 Å². The number of carbonyl (C=O) groups is 2. The first-order valence-electron chi connectivity index (χ1n) is 6.43. The average Bonchev–Trinajstić information content (AvgIpc) is 2.53. The van der Waals surface area contributed by atoms with E-state index in [4.69, 9.17) is 4.74 Å². The average molecular weight is 298 g/mol. The molecule has 0 aromatic heterocycles. The second-order valence-corrected chi connectivity index (χ2v) is 4.48. The Morgan fingerprint density at radius 2 is 1.91 bits per heavy atom. The second kappa shape index (κ2) is 6.58. The summed E-state index contributed by atoms with van der Waals surface area (Å²) in [5.41, 5.74) is 0.593. The van der Waals surface area contributed by atoms with Crippen molar-refractivity contribution in [2.24, 2.45) is 0 Å². The first-order valence-corrected chi connectivity index (χ1v) is 6.43. The lowest BCUT2D eigenvalue weighted by Crippen LogP contribution is -1.96. The van der Waals surface area contributed by atoms with Gasteiger partial charge < -0.3 is 14.9 Å². The van der Waals surface area contributed by atoms with Crippen LogP contribution in [0.25, 0.3) is 6.08 Å².